The number of carbonyl (C=O) groups is 3. The van der Waals surface area contributed by atoms with Crippen molar-refractivity contribution in [1.82, 2.24) is 0 Å². The summed E-state index contributed by atoms with van der Waals surface area (Å²) in [5, 5.41) is 0. The zero-order valence-electron chi connectivity index (χ0n) is 49.2. The van der Waals surface area contributed by atoms with Crippen LogP contribution in [-0.2, 0) is 28.6 Å². The standard InChI is InChI=1S/C66H128O6/c1-4-7-10-13-16-19-22-25-27-29-31-32-33-35-36-38-41-44-47-50-53-56-59-65(68)71-62-63(61-70-64(67)58-55-52-49-46-43-40-24-21-18-15-12-9-6-3)72-66(69)60-57-54-51-48-45-42-39-37-34-30-28-26-23-20-17-14-11-8-5-2/h63H,4-62H2,1-3H3. The van der Waals surface area contributed by atoms with Gasteiger partial charge in [-0.1, -0.05) is 348 Å². The maximum Gasteiger partial charge on any atom is 0.306 e. The highest BCUT2D eigenvalue weighted by molar-refractivity contribution is 5.71. The van der Waals surface area contributed by atoms with Crippen molar-refractivity contribution < 1.29 is 28.6 Å². The summed E-state index contributed by atoms with van der Waals surface area (Å²) in [5.74, 6) is -0.824. The Morgan fingerprint density at radius 2 is 0.375 bits per heavy atom. The Bertz CT molecular complexity index is 1080. The van der Waals surface area contributed by atoms with Crippen molar-refractivity contribution in [2.24, 2.45) is 0 Å². The average molecular weight is 1020 g/mol. The molecule has 0 fully saturated rings. The molecule has 1 atom stereocenters. The molecule has 0 aliphatic carbocycles. The quantitative estimate of drug-likeness (QED) is 0.0343. The molecule has 0 heterocycles. The highest BCUT2D eigenvalue weighted by atomic mass is 16.6. The van der Waals surface area contributed by atoms with Crippen LogP contribution in [0.5, 0.6) is 0 Å². The summed E-state index contributed by atoms with van der Waals surface area (Å²) in [6, 6.07) is 0. The maximum atomic E-state index is 12.9. The molecule has 72 heavy (non-hydrogen) atoms. The third-order valence-corrected chi connectivity index (χ3v) is 15.4. The van der Waals surface area contributed by atoms with E-state index in [-0.39, 0.29) is 31.1 Å². The van der Waals surface area contributed by atoms with Gasteiger partial charge in [0.05, 0.1) is 0 Å². The molecule has 0 aliphatic heterocycles. The molecule has 0 aromatic carbocycles. The third kappa shape index (κ3) is 59.3. The van der Waals surface area contributed by atoms with Gasteiger partial charge in [0, 0.05) is 19.3 Å². The van der Waals surface area contributed by atoms with Crippen LogP contribution in [0, 0.1) is 0 Å². The largest absolute Gasteiger partial charge is 0.462 e. The Hall–Kier alpha value is -1.59. The lowest BCUT2D eigenvalue weighted by Crippen LogP contribution is -2.30. The Labute approximate surface area is 450 Å². The minimum Gasteiger partial charge on any atom is -0.462 e. The predicted octanol–water partition coefficient (Wildman–Crippen LogP) is 22.3. The minimum atomic E-state index is -0.762. The second-order valence-corrected chi connectivity index (χ2v) is 22.8. The van der Waals surface area contributed by atoms with Crippen molar-refractivity contribution in [3.05, 3.63) is 0 Å². The van der Waals surface area contributed by atoms with Gasteiger partial charge in [-0.3, -0.25) is 14.4 Å². The zero-order valence-corrected chi connectivity index (χ0v) is 49.2. The van der Waals surface area contributed by atoms with E-state index in [0.29, 0.717) is 19.3 Å². The van der Waals surface area contributed by atoms with E-state index in [1.807, 2.05) is 0 Å². The van der Waals surface area contributed by atoms with E-state index in [1.54, 1.807) is 0 Å². The molecule has 0 amide bonds. The number of hydrogen-bond acceptors (Lipinski definition) is 6. The molecular weight excluding hydrogens is 889 g/mol. The van der Waals surface area contributed by atoms with Crippen molar-refractivity contribution in [3.63, 3.8) is 0 Å². The van der Waals surface area contributed by atoms with Gasteiger partial charge < -0.3 is 14.2 Å². The summed E-state index contributed by atoms with van der Waals surface area (Å²) in [5.41, 5.74) is 0. The second-order valence-electron chi connectivity index (χ2n) is 22.8. The summed E-state index contributed by atoms with van der Waals surface area (Å²) < 4.78 is 17.0. The monoisotopic (exact) mass is 1020 g/mol. The number of ether oxygens (including phenoxy) is 3. The van der Waals surface area contributed by atoms with Gasteiger partial charge in [-0.05, 0) is 19.3 Å². The Morgan fingerprint density at radius 3 is 0.556 bits per heavy atom. The van der Waals surface area contributed by atoms with Gasteiger partial charge in [0.2, 0.25) is 0 Å². The van der Waals surface area contributed by atoms with Gasteiger partial charge in [0.1, 0.15) is 13.2 Å². The fraction of sp³-hybridized carbons (Fsp3) is 0.955. The molecule has 0 aromatic rings. The van der Waals surface area contributed by atoms with E-state index >= 15 is 0 Å². The highest BCUT2D eigenvalue weighted by Gasteiger charge is 2.19. The van der Waals surface area contributed by atoms with Crippen LogP contribution < -0.4 is 0 Å². The molecule has 0 aliphatic rings. The van der Waals surface area contributed by atoms with E-state index in [4.69, 9.17) is 14.2 Å². The molecule has 0 rings (SSSR count). The third-order valence-electron chi connectivity index (χ3n) is 15.4. The molecule has 0 saturated heterocycles. The summed E-state index contributed by atoms with van der Waals surface area (Å²) in [6.07, 6.45) is 71.2. The molecule has 0 N–H and O–H groups in total. The van der Waals surface area contributed by atoms with E-state index in [1.165, 1.54) is 289 Å². The van der Waals surface area contributed by atoms with Crippen LogP contribution >= 0.6 is 0 Å². The molecule has 0 spiro atoms. The van der Waals surface area contributed by atoms with Gasteiger partial charge in [-0.15, -0.1) is 0 Å². The van der Waals surface area contributed by atoms with Crippen molar-refractivity contribution in [3.8, 4) is 0 Å². The summed E-state index contributed by atoms with van der Waals surface area (Å²) >= 11 is 0. The molecule has 428 valence electrons. The molecule has 1 unspecified atom stereocenters. The topological polar surface area (TPSA) is 78.9 Å². The van der Waals surface area contributed by atoms with Gasteiger partial charge in [-0.2, -0.15) is 0 Å². The van der Waals surface area contributed by atoms with Crippen LogP contribution in [0.4, 0.5) is 0 Å². The Morgan fingerprint density at radius 1 is 0.222 bits per heavy atom. The van der Waals surface area contributed by atoms with Crippen LogP contribution in [0.1, 0.15) is 387 Å². The van der Waals surface area contributed by atoms with Gasteiger partial charge in [0.25, 0.3) is 0 Å². The Kier molecular flexibility index (Phi) is 60.6. The van der Waals surface area contributed by atoms with E-state index in [9.17, 15) is 14.4 Å². The molecule has 6 nitrogen and oxygen atoms in total. The van der Waals surface area contributed by atoms with Crippen molar-refractivity contribution >= 4 is 17.9 Å². The van der Waals surface area contributed by atoms with Crippen LogP contribution in [-0.4, -0.2) is 37.2 Å². The highest BCUT2D eigenvalue weighted by Crippen LogP contribution is 2.19. The van der Waals surface area contributed by atoms with Gasteiger partial charge in [0.15, 0.2) is 6.10 Å². The number of esters is 3. The SMILES string of the molecule is CCCCCCCCCCCCCCCCCCCCCCCCC(=O)OCC(COC(=O)CCCCCCCCCCCCCCC)OC(=O)CCCCCCCCCCCCCCCCCCCCC. The normalized spacial score (nSPS) is 11.9. The van der Waals surface area contributed by atoms with E-state index < -0.39 is 6.10 Å². The molecule has 6 heteroatoms. The predicted molar refractivity (Wildman–Crippen MR) is 312 cm³/mol. The van der Waals surface area contributed by atoms with E-state index in [2.05, 4.69) is 20.8 Å². The first-order valence-electron chi connectivity index (χ1n) is 33.0. The first-order chi connectivity index (χ1) is 35.5. The lowest BCUT2D eigenvalue weighted by atomic mass is 10.0. The molecule has 0 aromatic heterocycles. The number of unbranched alkanes of at least 4 members (excludes halogenated alkanes) is 51. The van der Waals surface area contributed by atoms with Crippen molar-refractivity contribution in [2.75, 3.05) is 13.2 Å². The van der Waals surface area contributed by atoms with E-state index in [0.717, 1.165) is 57.8 Å². The smallest absolute Gasteiger partial charge is 0.306 e. The summed E-state index contributed by atoms with van der Waals surface area (Å²) in [4.78, 5) is 38.3. The molecular formula is C66H128O6. The molecule has 0 bridgehead atoms. The lowest BCUT2D eigenvalue weighted by Gasteiger charge is -2.18. The molecule has 0 saturated carbocycles. The summed E-state index contributed by atoms with van der Waals surface area (Å²) in [7, 11) is 0. The van der Waals surface area contributed by atoms with Crippen LogP contribution in [0.15, 0.2) is 0 Å². The zero-order chi connectivity index (χ0) is 52.2. The average Bonchev–Trinajstić information content (AvgIpc) is 3.38. The van der Waals surface area contributed by atoms with Crippen LogP contribution in [0.2, 0.25) is 0 Å². The van der Waals surface area contributed by atoms with Crippen molar-refractivity contribution in [2.45, 2.75) is 393 Å². The van der Waals surface area contributed by atoms with Gasteiger partial charge >= 0.3 is 17.9 Å². The number of hydrogen-bond donors (Lipinski definition) is 0. The first kappa shape index (κ1) is 70.4. The van der Waals surface area contributed by atoms with Crippen LogP contribution in [0.25, 0.3) is 0 Å². The molecule has 0 radical (unpaired) electrons. The number of rotatable bonds is 62. The lowest BCUT2D eigenvalue weighted by molar-refractivity contribution is -0.167. The fourth-order valence-electron chi connectivity index (χ4n) is 10.4. The summed E-state index contributed by atoms with van der Waals surface area (Å²) in [6.45, 7) is 6.73. The second kappa shape index (κ2) is 62.0. The maximum absolute atomic E-state index is 12.9. The fourth-order valence-corrected chi connectivity index (χ4v) is 10.4. The minimum absolute atomic E-state index is 0.0604. The van der Waals surface area contributed by atoms with Crippen molar-refractivity contribution in [1.29, 1.82) is 0 Å². The van der Waals surface area contributed by atoms with Crippen LogP contribution in [0.3, 0.4) is 0 Å². The Balaban J connectivity index is 4.22. The number of carbonyl (C=O) groups excluding carboxylic acids is 3. The first-order valence-corrected chi connectivity index (χ1v) is 33.0. The van der Waals surface area contributed by atoms with Gasteiger partial charge in [-0.25, -0.2) is 0 Å².